The SMILES string of the molecule is CC(C1CC(n2ccc3ccccc32)CCN1)N1CCN(CN2CCOCC2)C1=O. The van der Waals surface area contributed by atoms with Crippen LogP contribution in [-0.4, -0.2) is 90.0 Å². The zero-order valence-electron chi connectivity index (χ0n) is 17.9. The highest BCUT2D eigenvalue weighted by Crippen LogP contribution is 2.30. The van der Waals surface area contributed by atoms with Crippen LogP contribution in [0.25, 0.3) is 10.9 Å². The second-order valence-electron chi connectivity index (χ2n) is 8.87. The number of carbonyl (C=O) groups excluding carboxylic acids is 1. The number of morpholine rings is 1. The van der Waals surface area contributed by atoms with Crippen LogP contribution < -0.4 is 5.32 Å². The van der Waals surface area contributed by atoms with Gasteiger partial charge in [0, 0.05) is 56.0 Å². The average molecular weight is 412 g/mol. The molecule has 1 aromatic heterocycles. The monoisotopic (exact) mass is 411 g/mol. The molecule has 3 aliphatic heterocycles. The lowest BCUT2D eigenvalue weighted by atomic mass is 9.93. The molecule has 2 amide bonds. The molecule has 0 spiro atoms. The summed E-state index contributed by atoms with van der Waals surface area (Å²) < 4.78 is 7.87. The summed E-state index contributed by atoms with van der Waals surface area (Å²) in [6.45, 7) is 8.93. The first kappa shape index (κ1) is 19.8. The zero-order chi connectivity index (χ0) is 20.5. The molecule has 4 heterocycles. The number of para-hydroxylation sites is 1. The number of nitrogens with zero attached hydrogens (tertiary/aromatic N) is 4. The van der Waals surface area contributed by atoms with Crippen molar-refractivity contribution >= 4 is 16.9 Å². The molecule has 2 aromatic rings. The van der Waals surface area contributed by atoms with E-state index >= 15 is 0 Å². The molecule has 0 aliphatic carbocycles. The number of ether oxygens (including phenoxy) is 1. The number of benzene rings is 1. The van der Waals surface area contributed by atoms with Crippen molar-refractivity contribution in [3.8, 4) is 0 Å². The van der Waals surface area contributed by atoms with Gasteiger partial charge in [0.25, 0.3) is 0 Å². The molecule has 0 saturated carbocycles. The molecular formula is C23H33N5O2. The normalized spacial score (nSPS) is 27.2. The van der Waals surface area contributed by atoms with Crippen molar-refractivity contribution in [2.24, 2.45) is 0 Å². The van der Waals surface area contributed by atoms with Gasteiger partial charge in [0.15, 0.2) is 0 Å². The molecule has 0 radical (unpaired) electrons. The van der Waals surface area contributed by atoms with Crippen LogP contribution in [-0.2, 0) is 4.74 Å². The van der Waals surface area contributed by atoms with Gasteiger partial charge in [-0.25, -0.2) is 4.79 Å². The summed E-state index contributed by atoms with van der Waals surface area (Å²) in [7, 11) is 0. The van der Waals surface area contributed by atoms with Gasteiger partial charge in [0.1, 0.15) is 0 Å². The molecule has 3 saturated heterocycles. The minimum Gasteiger partial charge on any atom is -0.379 e. The number of fused-ring (bicyclic) bond motifs is 1. The fourth-order valence-electron chi connectivity index (χ4n) is 5.28. The van der Waals surface area contributed by atoms with Crippen molar-refractivity contribution in [1.29, 1.82) is 0 Å². The van der Waals surface area contributed by atoms with Gasteiger partial charge in [-0.3, -0.25) is 4.90 Å². The summed E-state index contributed by atoms with van der Waals surface area (Å²) in [5, 5.41) is 5.00. The summed E-state index contributed by atoms with van der Waals surface area (Å²) >= 11 is 0. The van der Waals surface area contributed by atoms with Gasteiger partial charge >= 0.3 is 6.03 Å². The topological polar surface area (TPSA) is 53.0 Å². The van der Waals surface area contributed by atoms with E-state index in [1.54, 1.807) is 0 Å². The number of rotatable bonds is 5. The molecule has 7 nitrogen and oxygen atoms in total. The lowest BCUT2D eigenvalue weighted by Crippen LogP contribution is -2.53. The number of urea groups is 1. The highest BCUT2D eigenvalue weighted by atomic mass is 16.5. The summed E-state index contributed by atoms with van der Waals surface area (Å²) in [4.78, 5) is 19.5. The highest BCUT2D eigenvalue weighted by molar-refractivity contribution is 5.80. The highest BCUT2D eigenvalue weighted by Gasteiger charge is 2.37. The molecular weight excluding hydrogens is 378 g/mol. The Morgan fingerprint density at radius 2 is 1.97 bits per heavy atom. The molecule has 5 rings (SSSR count). The first-order chi connectivity index (χ1) is 14.7. The van der Waals surface area contributed by atoms with E-state index in [1.807, 2.05) is 4.90 Å². The van der Waals surface area contributed by atoms with Crippen LogP contribution in [0.4, 0.5) is 4.79 Å². The van der Waals surface area contributed by atoms with E-state index in [2.05, 4.69) is 63.1 Å². The second kappa shape index (κ2) is 8.57. The Bertz CT molecular complexity index is 877. The van der Waals surface area contributed by atoms with Crippen LogP contribution in [0, 0.1) is 0 Å². The number of hydrogen-bond acceptors (Lipinski definition) is 4. The minimum absolute atomic E-state index is 0.185. The van der Waals surface area contributed by atoms with Crippen LogP contribution in [0.2, 0.25) is 0 Å². The quantitative estimate of drug-likeness (QED) is 0.821. The Morgan fingerprint density at radius 3 is 2.83 bits per heavy atom. The number of piperidine rings is 1. The van der Waals surface area contributed by atoms with Gasteiger partial charge in [-0.05, 0) is 43.8 Å². The van der Waals surface area contributed by atoms with E-state index in [0.29, 0.717) is 12.1 Å². The Balaban J connectivity index is 1.23. The molecule has 0 bridgehead atoms. The summed E-state index contributed by atoms with van der Waals surface area (Å²) in [5.74, 6) is 0. The van der Waals surface area contributed by atoms with Crippen LogP contribution in [0.1, 0.15) is 25.8 Å². The Kier molecular flexibility index (Phi) is 5.67. The predicted molar refractivity (Wildman–Crippen MR) is 118 cm³/mol. The van der Waals surface area contributed by atoms with E-state index in [0.717, 1.165) is 65.4 Å². The molecule has 3 atom stereocenters. The average Bonchev–Trinajstić information content (AvgIpc) is 3.38. The lowest BCUT2D eigenvalue weighted by molar-refractivity contribution is 0.0191. The van der Waals surface area contributed by atoms with Crippen molar-refractivity contribution in [2.45, 2.75) is 37.9 Å². The third kappa shape index (κ3) is 3.82. The van der Waals surface area contributed by atoms with Gasteiger partial charge in [0.05, 0.1) is 19.9 Å². The number of aromatic nitrogens is 1. The summed E-state index contributed by atoms with van der Waals surface area (Å²) in [6.07, 6.45) is 4.40. The number of amides is 2. The van der Waals surface area contributed by atoms with Crippen molar-refractivity contribution in [3.05, 3.63) is 36.5 Å². The Labute approximate surface area is 178 Å². The van der Waals surface area contributed by atoms with Crippen LogP contribution in [0.5, 0.6) is 0 Å². The van der Waals surface area contributed by atoms with Crippen LogP contribution >= 0.6 is 0 Å². The van der Waals surface area contributed by atoms with Crippen LogP contribution in [0.3, 0.4) is 0 Å². The van der Waals surface area contributed by atoms with E-state index in [-0.39, 0.29) is 12.1 Å². The third-order valence-electron chi connectivity index (χ3n) is 7.11. The largest absolute Gasteiger partial charge is 0.379 e. The number of nitrogens with one attached hydrogen (secondary N) is 1. The van der Waals surface area contributed by atoms with Gasteiger partial charge in [-0.15, -0.1) is 0 Å². The molecule has 7 heteroatoms. The molecule has 30 heavy (non-hydrogen) atoms. The Hall–Kier alpha value is -2.09. The predicted octanol–water partition coefficient (Wildman–Crippen LogP) is 2.35. The maximum Gasteiger partial charge on any atom is 0.321 e. The van der Waals surface area contributed by atoms with Gasteiger partial charge < -0.3 is 24.4 Å². The van der Waals surface area contributed by atoms with E-state index in [1.165, 1.54) is 10.9 Å². The molecule has 162 valence electrons. The fraction of sp³-hybridized carbons (Fsp3) is 0.609. The standard InChI is InChI=1S/C23H33N5O2/c1-18(27-11-10-26(23(27)29)17-25-12-14-30-15-13-25)21-16-20(6-8-24-21)28-9-7-19-4-2-3-5-22(19)28/h2-5,7,9,18,20-21,24H,6,8,10-17H2,1H3. The molecule has 3 aliphatic rings. The zero-order valence-corrected chi connectivity index (χ0v) is 17.9. The number of hydrogen-bond donors (Lipinski definition) is 1. The fourth-order valence-corrected chi connectivity index (χ4v) is 5.28. The Morgan fingerprint density at radius 1 is 1.13 bits per heavy atom. The van der Waals surface area contributed by atoms with E-state index in [4.69, 9.17) is 4.74 Å². The van der Waals surface area contributed by atoms with E-state index in [9.17, 15) is 4.79 Å². The number of carbonyl (C=O) groups is 1. The molecule has 1 N–H and O–H groups in total. The van der Waals surface area contributed by atoms with Crippen LogP contribution in [0.15, 0.2) is 36.5 Å². The van der Waals surface area contributed by atoms with E-state index < -0.39 is 0 Å². The molecule has 3 fully saturated rings. The molecule has 1 aromatic carbocycles. The van der Waals surface area contributed by atoms with Crippen molar-refractivity contribution in [1.82, 2.24) is 24.6 Å². The van der Waals surface area contributed by atoms with Gasteiger partial charge in [-0.1, -0.05) is 18.2 Å². The molecule has 3 unspecified atom stereocenters. The summed E-state index contributed by atoms with van der Waals surface area (Å²) in [6, 6.07) is 12.0. The van der Waals surface area contributed by atoms with Gasteiger partial charge in [0.2, 0.25) is 0 Å². The third-order valence-corrected chi connectivity index (χ3v) is 7.11. The summed E-state index contributed by atoms with van der Waals surface area (Å²) in [5.41, 5.74) is 1.31. The van der Waals surface area contributed by atoms with Gasteiger partial charge in [-0.2, -0.15) is 0 Å². The lowest BCUT2D eigenvalue weighted by Gasteiger charge is -2.38. The van der Waals surface area contributed by atoms with Crippen molar-refractivity contribution in [3.63, 3.8) is 0 Å². The maximum absolute atomic E-state index is 13.1. The maximum atomic E-state index is 13.1. The smallest absolute Gasteiger partial charge is 0.321 e. The minimum atomic E-state index is 0.185. The second-order valence-corrected chi connectivity index (χ2v) is 8.87. The van der Waals surface area contributed by atoms with Crippen molar-refractivity contribution in [2.75, 3.05) is 52.6 Å². The first-order valence-electron chi connectivity index (χ1n) is 11.4. The first-order valence-corrected chi connectivity index (χ1v) is 11.4. The van der Waals surface area contributed by atoms with Crippen molar-refractivity contribution < 1.29 is 9.53 Å².